The lowest BCUT2D eigenvalue weighted by atomic mass is 10.1. The van der Waals surface area contributed by atoms with Gasteiger partial charge in [0.05, 0.1) is 0 Å². The average Bonchev–Trinajstić information content (AvgIpc) is 2.05. The molecular weight excluding hydrogens is 154 g/mol. The van der Waals surface area contributed by atoms with Gasteiger partial charge < -0.3 is 10.4 Å². The Morgan fingerprint density at radius 2 is 2.50 bits per heavy atom. The molecule has 0 aromatic rings. The summed E-state index contributed by atoms with van der Waals surface area (Å²) in [4.78, 5) is 10.2. The molecule has 0 aromatic heterocycles. The highest BCUT2D eigenvalue weighted by molar-refractivity contribution is 5.66. The van der Waals surface area contributed by atoms with E-state index in [0.29, 0.717) is 0 Å². The number of aliphatic carboxylic acids is 1. The second-order valence-electron chi connectivity index (χ2n) is 3.08. The Balaban J connectivity index is 2.13. The van der Waals surface area contributed by atoms with Crippen molar-refractivity contribution in [1.82, 2.24) is 5.32 Å². The van der Waals surface area contributed by atoms with E-state index in [4.69, 9.17) is 5.11 Å². The van der Waals surface area contributed by atoms with Gasteiger partial charge in [0, 0.05) is 13.0 Å². The first-order valence-corrected chi connectivity index (χ1v) is 4.39. The minimum Gasteiger partial charge on any atom is -0.481 e. The van der Waals surface area contributed by atoms with E-state index in [1.807, 2.05) is 0 Å². The van der Waals surface area contributed by atoms with Crippen molar-refractivity contribution in [3.8, 4) is 0 Å². The minimum absolute atomic E-state index is 0.289. The molecule has 3 heteroatoms. The fourth-order valence-electron chi connectivity index (χ4n) is 1.36. The molecule has 2 N–H and O–H groups in total. The number of hydrogen-bond donors (Lipinski definition) is 2. The van der Waals surface area contributed by atoms with Crippen LogP contribution >= 0.6 is 0 Å². The lowest BCUT2D eigenvalue weighted by Gasteiger charge is -2.13. The molecule has 0 atom stereocenters. The van der Waals surface area contributed by atoms with Crippen LogP contribution in [0.5, 0.6) is 0 Å². The molecule has 0 bridgehead atoms. The van der Waals surface area contributed by atoms with E-state index < -0.39 is 5.97 Å². The molecule has 1 aliphatic rings. The molecule has 0 amide bonds. The molecular formula is C9H15NO2. The molecule has 0 saturated heterocycles. The molecule has 1 heterocycles. The van der Waals surface area contributed by atoms with E-state index in [0.717, 1.165) is 32.4 Å². The molecule has 0 saturated carbocycles. The number of rotatable bonds is 4. The molecule has 0 spiro atoms. The van der Waals surface area contributed by atoms with Crippen molar-refractivity contribution >= 4 is 5.97 Å². The van der Waals surface area contributed by atoms with Gasteiger partial charge in [-0.3, -0.25) is 4.79 Å². The number of hydrogen-bond acceptors (Lipinski definition) is 2. The highest BCUT2D eigenvalue weighted by Gasteiger charge is 2.03. The Morgan fingerprint density at radius 1 is 1.67 bits per heavy atom. The molecule has 0 fully saturated rings. The van der Waals surface area contributed by atoms with Crippen molar-refractivity contribution in [1.29, 1.82) is 0 Å². The summed E-state index contributed by atoms with van der Waals surface area (Å²) in [6.07, 6.45) is 5.29. The quantitative estimate of drug-likeness (QED) is 0.621. The van der Waals surface area contributed by atoms with Crippen LogP contribution in [0, 0.1) is 0 Å². The number of carboxylic acids is 1. The van der Waals surface area contributed by atoms with Gasteiger partial charge in [-0.1, -0.05) is 11.6 Å². The van der Waals surface area contributed by atoms with Crippen molar-refractivity contribution in [2.75, 3.05) is 13.1 Å². The van der Waals surface area contributed by atoms with Gasteiger partial charge in [0.15, 0.2) is 0 Å². The Labute approximate surface area is 72.5 Å². The van der Waals surface area contributed by atoms with Crippen molar-refractivity contribution in [3.05, 3.63) is 11.6 Å². The van der Waals surface area contributed by atoms with Gasteiger partial charge >= 0.3 is 5.97 Å². The van der Waals surface area contributed by atoms with Gasteiger partial charge in [0.25, 0.3) is 0 Å². The van der Waals surface area contributed by atoms with Gasteiger partial charge in [-0.25, -0.2) is 0 Å². The summed E-state index contributed by atoms with van der Waals surface area (Å²) in [7, 11) is 0. The van der Waals surface area contributed by atoms with Gasteiger partial charge in [0.1, 0.15) is 0 Å². The first-order valence-electron chi connectivity index (χ1n) is 4.39. The van der Waals surface area contributed by atoms with Crippen LogP contribution in [0.25, 0.3) is 0 Å². The van der Waals surface area contributed by atoms with E-state index in [1.165, 1.54) is 5.57 Å². The topological polar surface area (TPSA) is 49.3 Å². The van der Waals surface area contributed by atoms with Gasteiger partial charge in [0.2, 0.25) is 0 Å². The van der Waals surface area contributed by atoms with Crippen LogP contribution < -0.4 is 5.32 Å². The minimum atomic E-state index is -0.695. The summed E-state index contributed by atoms with van der Waals surface area (Å²) < 4.78 is 0. The lowest BCUT2D eigenvalue weighted by Crippen LogP contribution is -2.22. The SMILES string of the molecule is O=C(O)CCCC1=CCCNC1. The Morgan fingerprint density at radius 3 is 3.08 bits per heavy atom. The van der Waals surface area contributed by atoms with E-state index in [9.17, 15) is 4.79 Å². The third-order valence-corrected chi connectivity index (χ3v) is 1.99. The molecule has 0 radical (unpaired) electrons. The first kappa shape index (κ1) is 9.26. The predicted octanol–water partition coefficient (Wildman–Crippen LogP) is 1.16. The van der Waals surface area contributed by atoms with Gasteiger partial charge in [-0.05, 0) is 25.8 Å². The molecule has 12 heavy (non-hydrogen) atoms. The average molecular weight is 169 g/mol. The van der Waals surface area contributed by atoms with Crippen LogP contribution in [0.15, 0.2) is 11.6 Å². The van der Waals surface area contributed by atoms with Crippen LogP contribution in [0.4, 0.5) is 0 Å². The highest BCUT2D eigenvalue weighted by Crippen LogP contribution is 2.09. The van der Waals surface area contributed by atoms with Crippen LogP contribution in [0.2, 0.25) is 0 Å². The maximum Gasteiger partial charge on any atom is 0.303 e. The third kappa shape index (κ3) is 3.53. The summed E-state index contributed by atoms with van der Waals surface area (Å²) in [6.45, 7) is 2.00. The van der Waals surface area contributed by atoms with Crippen LogP contribution in [-0.2, 0) is 4.79 Å². The standard InChI is InChI=1S/C9H15NO2/c11-9(12)5-1-3-8-4-2-6-10-7-8/h4,10H,1-3,5-7H2,(H,11,12). The summed E-state index contributed by atoms with van der Waals surface area (Å²) in [5.41, 5.74) is 1.36. The zero-order valence-electron chi connectivity index (χ0n) is 7.18. The van der Waals surface area contributed by atoms with Crippen molar-refractivity contribution in [3.63, 3.8) is 0 Å². The number of carboxylic acid groups (broad SMARTS) is 1. The predicted molar refractivity (Wildman–Crippen MR) is 47.1 cm³/mol. The van der Waals surface area contributed by atoms with Crippen LogP contribution in [-0.4, -0.2) is 24.2 Å². The molecule has 1 aliphatic heterocycles. The summed E-state index contributed by atoms with van der Waals surface area (Å²) in [6, 6.07) is 0. The maximum absolute atomic E-state index is 10.2. The largest absolute Gasteiger partial charge is 0.481 e. The van der Waals surface area contributed by atoms with E-state index in [1.54, 1.807) is 0 Å². The van der Waals surface area contributed by atoms with Crippen molar-refractivity contribution < 1.29 is 9.90 Å². The lowest BCUT2D eigenvalue weighted by molar-refractivity contribution is -0.137. The first-order chi connectivity index (χ1) is 5.79. The Bertz CT molecular complexity index is 187. The van der Waals surface area contributed by atoms with Gasteiger partial charge in [-0.2, -0.15) is 0 Å². The molecule has 1 rings (SSSR count). The smallest absolute Gasteiger partial charge is 0.303 e. The number of nitrogens with one attached hydrogen (secondary N) is 1. The Hall–Kier alpha value is -0.830. The second kappa shape index (κ2) is 4.93. The van der Waals surface area contributed by atoms with Crippen LogP contribution in [0.1, 0.15) is 25.7 Å². The molecule has 3 nitrogen and oxygen atoms in total. The maximum atomic E-state index is 10.2. The zero-order valence-corrected chi connectivity index (χ0v) is 7.18. The molecule has 0 aromatic carbocycles. The van der Waals surface area contributed by atoms with E-state index >= 15 is 0 Å². The fraction of sp³-hybridized carbons (Fsp3) is 0.667. The summed E-state index contributed by atoms with van der Waals surface area (Å²) >= 11 is 0. The zero-order chi connectivity index (χ0) is 8.81. The third-order valence-electron chi connectivity index (χ3n) is 1.99. The highest BCUT2D eigenvalue weighted by atomic mass is 16.4. The van der Waals surface area contributed by atoms with E-state index in [-0.39, 0.29) is 6.42 Å². The second-order valence-corrected chi connectivity index (χ2v) is 3.08. The molecule has 0 aliphatic carbocycles. The Kier molecular flexibility index (Phi) is 3.80. The molecule has 68 valence electrons. The van der Waals surface area contributed by atoms with Crippen molar-refractivity contribution in [2.24, 2.45) is 0 Å². The van der Waals surface area contributed by atoms with Crippen molar-refractivity contribution in [2.45, 2.75) is 25.7 Å². The summed E-state index contributed by atoms with van der Waals surface area (Å²) in [5.74, 6) is -0.695. The van der Waals surface area contributed by atoms with E-state index in [2.05, 4.69) is 11.4 Å². The fourth-order valence-corrected chi connectivity index (χ4v) is 1.36. The van der Waals surface area contributed by atoms with Gasteiger partial charge in [-0.15, -0.1) is 0 Å². The number of carbonyl (C=O) groups is 1. The monoisotopic (exact) mass is 169 g/mol. The van der Waals surface area contributed by atoms with Crippen LogP contribution in [0.3, 0.4) is 0 Å². The molecule has 0 unspecified atom stereocenters. The normalized spacial score (nSPS) is 17.2. The summed E-state index contributed by atoms with van der Waals surface area (Å²) in [5, 5.41) is 11.7.